The highest BCUT2D eigenvalue weighted by molar-refractivity contribution is 8.00. The topological polar surface area (TPSA) is 92.4 Å². The van der Waals surface area contributed by atoms with Crippen molar-refractivity contribution in [3.05, 3.63) is 59.7 Å². The minimum atomic E-state index is -1.02. The third kappa shape index (κ3) is 5.19. The lowest BCUT2D eigenvalue weighted by Crippen LogP contribution is -2.41. The molecule has 0 saturated heterocycles. The quantitative estimate of drug-likeness (QED) is 0.545. The van der Waals surface area contributed by atoms with Gasteiger partial charge in [-0.05, 0) is 48.4 Å². The number of thioether (sulfide) groups is 1. The van der Waals surface area contributed by atoms with E-state index in [9.17, 15) is 14.7 Å². The number of nitrogens with two attached hydrogens (primary N) is 1. The van der Waals surface area contributed by atoms with Crippen LogP contribution in [0.5, 0.6) is 0 Å². The molecular weight excluding hydrogens is 384 g/mol. The van der Waals surface area contributed by atoms with E-state index in [1.807, 2.05) is 0 Å². The van der Waals surface area contributed by atoms with Crippen molar-refractivity contribution < 1.29 is 14.7 Å². The number of nitrogens with one attached hydrogen (secondary N) is 1. The van der Waals surface area contributed by atoms with Crippen LogP contribution in [-0.4, -0.2) is 27.7 Å². The number of carbonyl (C=O) groups is 2. The van der Waals surface area contributed by atoms with E-state index in [-0.39, 0.29) is 11.5 Å². The zero-order valence-electron chi connectivity index (χ0n) is 16.6. The molecule has 0 heterocycles. The lowest BCUT2D eigenvalue weighted by atomic mass is 9.95. The molecule has 1 fully saturated rings. The summed E-state index contributed by atoms with van der Waals surface area (Å²) in [4.78, 5) is 24.6. The summed E-state index contributed by atoms with van der Waals surface area (Å²) in [6.07, 6.45) is 6.06. The first kappa shape index (κ1) is 21.4. The molecule has 3 rings (SSSR count). The maximum Gasteiger partial charge on any atom is 0.336 e. The van der Waals surface area contributed by atoms with E-state index in [2.05, 4.69) is 12.2 Å². The summed E-state index contributed by atoms with van der Waals surface area (Å²) in [5.41, 5.74) is 7.45. The molecule has 1 amide bonds. The highest BCUT2D eigenvalue weighted by Crippen LogP contribution is 2.36. The molecule has 0 radical (unpaired) electrons. The Morgan fingerprint density at radius 3 is 2.21 bits per heavy atom. The van der Waals surface area contributed by atoms with Crippen LogP contribution in [0, 0.1) is 5.92 Å². The van der Waals surface area contributed by atoms with Crippen LogP contribution in [0.3, 0.4) is 0 Å². The summed E-state index contributed by atoms with van der Waals surface area (Å²) in [5.74, 6) is -0.643. The van der Waals surface area contributed by atoms with Crippen molar-refractivity contribution in [1.29, 1.82) is 0 Å². The summed E-state index contributed by atoms with van der Waals surface area (Å²) in [7, 11) is 0. The van der Waals surface area contributed by atoms with Crippen LogP contribution in [0.1, 0.15) is 59.7 Å². The van der Waals surface area contributed by atoms with Gasteiger partial charge in [0.2, 0.25) is 0 Å². The van der Waals surface area contributed by atoms with Crippen molar-refractivity contribution in [3.63, 3.8) is 0 Å². The Bertz CT molecular complexity index is 865. The highest BCUT2D eigenvalue weighted by Gasteiger charge is 2.27. The maximum absolute atomic E-state index is 13.0. The SMILES string of the molecule is CCC(SC(N)NC(=O)c1ccccc1-c1ccccc1C(=O)O)C1CCCC1. The Balaban J connectivity index is 1.77. The second kappa shape index (κ2) is 9.94. The third-order valence-electron chi connectivity index (χ3n) is 5.54. The van der Waals surface area contributed by atoms with Crippen LogP contribution in [0.4, 0.5) is 0 Å². The molecule has 0 spiro atoms. The largest absolute Gasteiger partial charge is 0.478 e. The average Bonchev–Trinajstić information content (AvgIpc) is 3.26. The zero-order chi connectivity index (χ0) is 20.8. The highest BCUT2D eigenvalue weighted by atomic mass is 32.2. The molecule has 2 aromatic carbocycles. The van der Waals surface area contributed by atoms with Crippen molar-refractivity contribution >= 4 is 23.6 Å². The lowest BCUT2D eigenvalue weighted by Gasteiger charge is -2.25. The van der Waals surface area contributed by atoms with Crippen LogP contribution >= 0.6 is 11.8 Å². The molecule has 1 aliphatic rings. The van der Waals surface area contributed by atoms with Gasteiger partial charge >= 0.3 is 5.97 Å². The van der Waals surface area contributed by atoms with E-state index < -0.39 is 11.5 Å². The first-order chi connectivity index (χ1) is 14.0. The van der Waals surface area contributed by atoms with Gasteiger partial charge in [-0.3, -0.25) is 4.79 Å². The second-order valence-electron chi connectivity index (χ2n) is 7.42. The predicted molar refractivity (Wildman–Crippen MR) is 118 cm³/mol. The predicted octanol–water partition coefficient (Wildman–Crippen LogP) is 4.73. The number of carboxylic acid groups (broad SMARTS) is 1. The van der Waals surface area contributed by atoms with Crippen LogP contribution in [-0.2, 0) is 0 Å². The zero-order valence-corrected chi connectivity index (χ0v) is 17.5. The molecule has 5 nitrogen and oxygen atoms in total. The molecule has 4 N–H and O–H groups in total. The van der Waals surface area contributed by atoms with Crippen molar-refractivity contribution in [2.45, 2.75) is 49.8 Å². The Kier molecular flexibility index (Phi) is 7.34. The van der Waals surface area contributed by atoms with Crippen molar-refractivity contribution in [2.24, 2.45) is 11.7 Å². The second-order valence-corrected chi connectivity index (χ2v) is 8.80. The van der Waals surface area contributed by atoms with Gasteiger partial charge in [0.25, 0.3) is 5.91 Å². The van der Waals surface area contributed by atoms with Crippen molar-refractivity contribution in [3.8, 4) is 11.1 Å². The Hall–Kier alpha value is -2.31. The molecule has 0 bridgehead atoms. The number of amides is 1. The van der Waals surface area contributed by atoms with Crippen LogP contribution in [0.25, 0.3) is 11.1 Å². The number of aromatic carboxylic acids is 1. The lowest BCUT2D eigenvalue weighted by molar-refractivity contribution is 0.0697. The van der Waals surface area contributed by atoms with E-state index in [1.54, 1.807) is 60.3 Å². The molecule has 1 saturated carbocycles. The standard InChI is InChI=1S/C23H28N2O3S/c1-2-20(15-9-3-4-10-15)29-23(24)25-21(26)18-13-7-5-11-16(18)17-12-6-8-14-19(17)22(27)28/h5-8,11-15,20,23H,2-4,9-10,24H2,1H3,(H,25,26)(H,27,28). The molecular formula is C23H28N2O3S. The first-order valence-electron chi connectivity index (χ1n) is 10.1. The molecule has 0 aromatic heterocycles. The van der Waals surface area contributed by atoms with E-state index in [0.29, 0.717) is 27.9 Å². The van der Waals surface area contributed by atoms with Gasteiger partial charge in [0.1, 0.15) is 5.50 Å². The van der Waals surface area contributed by atoms with E-state index in [1.165, 1.54) is 25.7 Å². The number of hydrogen-bond donors (Lipinski definition) is 3. The minimum Gasteiger partial charge on any atom is -0.478 e. The monoisotopic (exact) mass is 412 g/mol. The van der Waals surface area contributed by atoms with Crippen LogP contribution < -0.4 is 11.1 Å². The summed E-state index contributed by atoms with van der Waals surface area (Å²) < 4.78 is 0. The fourth-order valence-corrected chi connectivity index (χ4v) is 5.36. The van der Waals surface area contributed by atoms with Gasteiger partial charge in [-0.25, -0.2) is 4.79 Å². The van der Waals surface area contributed by atoms with Gasteiger partial charge in [-0.15, -0.1) is 11.8 Å². The fourth-order valence-electron chi connectivity index (χ4n) is 4.12. The number of carboxylic acids is 1. The van der Waals surface area contributed by atoms with Gasteiger partial charge in [0.15, 0.2) is 0 Å². The molecule has 6 heteroatoms. The van der Waals surface area contributed by atoms with Crippen molar-refractivity contribution in [1.82, 2.24) is 5.32 Å². The molecule has 29 heavy (non-hydrogen) atoms. The Morgan fingerprint density at radius 2 is 1.62 bits per heavy atom. The number of benzene rings is 2. The number of rotatable bonds is 8. The Morgan fingerprint density at radius 1 is 1.07 bits per heavy atom. The van der Waals surface area contributed by atoms with Crippen molar-refractivity contribution in [2.75, 3.05) is 0 Å². The smallest absolute Gasteiger partial charge is 0.336 e. The third-order valence-corrected chi connectivity index (χ3v) is 7.02. The number of carbonyl (C=O) groups excluding carboxylic acids is 1. The minimum absolute atomic E-state index is 0.165. The molecule has 2 unspecified atom stereocenters. The number of hydrogen-bond acceptors (Lipinski definition) is 4. The van der Waals surface area contributed by atoms with Gasteiger partial charge < -0.3 is 16.2 Å². The van der Waals surface area contributed by atoms with E-state index >= 15 is 0 Å². The average molecular weight is 413 g/mol. The molecule has 154 valence electrons. The maximum atomic E-state index is 13.0. The summed E-state index contributed by atoms with van der Waals surface area (Å²) in [5, 5.41) is 12.8. The summed E-state index contributed by atoms with van der Waals surface area (Å²) in [6, 6.07) is 13.7. The normalized spacial score (nSPS) is 16.3. The fraction of sp³-hybridized carbons (Fsp3) is 0.391. The summed E-state index contributed by atoms with van der Waals surface area (Å²) >= 11 is 1.63. The van der Waals surface area contributed by atoms with Gasteiger partial charge in [-0.1, -0.05) is 56.2 Å². The van der Waals surface area contributed by atoms with E-state index in [0.717, 1.165) is 6.42 Å². The van der Waals surface area contributed by atoms with Crippen LogP contribution in [0.2, 0.25) is 0 Å². The molecule has 1 aliphatic carbocycles. The van der Waals surface area contributed by atoms with Gasteiger partial charge in [0, 0.05) is 10.8 Å². The van der Waals surface area contributed by atoms with Gasteiger partial charge in [0.05, 0.1) is 5.56 Å². The van der Waals surface area contributed by atoms with E-state index in [4.69, 9.17) is 5.73 Å². The van der Waals surface area contributed by atoms with Crippen LogP contribution in [0.15, 0.2) is 48.5 Å². The van der Waals surface area contributed by atoms with Gasteiger partial charge in [-0.2, -0.15) is 0 Å². The summed E-state index contributed by atoms with van der Waals surface area (Å²) in [6.45, 7) is 2.17. The Labute approximate surface area is 176 Å². The molecule has 2 atom stereocenters. The molecule has 2 aromatic rings. The first-order valence-corrected chi connectivity index (χ1v) is 11.1. The molecule has 0 aliphatic heterocycles.